The van der Waals surface area contributed by atoms with Gasteiger partial charge in [-0.25, -0.2) is 0 Å². The maximum Gasteiger partial charge on any atom is 0.163 e. The zero-order valence-corrected chi connectivity index (χ0v) is 10.6. The van der Waals surface area contributed by atoms with Crippen LogP contribution in [0.25, 0.3) is 0 Å². The van der Waals surface area contributed by atoms with Crippen LogP contribution in [0.1, 0.15) is 19.8 Å². The van der Waals surface area contributed by atoms with Gasteiger partial charge >= 0.3 is 0 Å². The SMILES string of the molecule is CCC(O)CCNc1cc2c(cc1N)OCCO2. The van der Waals surface area contributed by atoms with Gasteiger partial charge < -0.3 is 25.6 Å². The van der Waals surface area contributed by atoms with E-state index < -0.39 is 0 Å². The summed E-state index contributed by atoms with van der Waals surface area (Å²) in [7, 11) is 0. The third-order valence-electron chi connectivity index (χ3n) is 2.98. The van der Waals surface area contributed by atoms with Crippen LogP contribution in [0.2, 0.25) is 0 Å². The van der Waals surface area contributed by atoms with Gasteiger partial charge in [-0.3, -0.25) is 0 Å². The Balaban J connectivity index is 2.00. The van der Waals surface area contributed by atoms with Crippen LogP contribution in [0, 0.1) is 0 Å². The molecular weight excluding hydrogens is 232 g/mol. The molecule has 1 unspecified atom stereocenters. The van der Waals surface area contributed by atoms with Gasteiger partial charge in [-0.15, -0.1) is 0 Å². The normalized spacial score (nSPS) is 15.2. The zero-order valence-electron chi connectivity index (χ0n) is 10.6. The third-order valence-corrected chi connectivity index (χ3v) is 2.98. The molecule has 0 radical (unpaired) electrons. The highest BCUT2D eigenvalue weighted by atomic mass is 16.6. The van der Waals surface area contributed by atoms with E-state index in [1.165, 1.54) is 0 Å². The fraction of sp³-hybridized carbons (Fsp3) is 0.538. The average molecular weight is 252 g/mol. The van der Waals surface area contributed by atoms with E-state index in [-0.39, 0.29) is 6.10 Å². The van der Waals surface area contributed by atoms with E-state index in [0.717, 1.165) is 12.1 Å². The molecule has 1 aromatic rings. The minimum absolute atomic E-state index is 0.268. The molecule has 0 saturated heterocycles. The van der Waals surface area contributed by atoms with Crippen LogP contribution >= 0.6 is 0 Å². The van der Waals surface area contributed by atoms with E-state index in [1.54, 1.807) is 6.07 Å². The van der Waals surface area contributed by atoms with Crippen LogP contribution in [0.5, 0.6) is 11.5 Å². The molecule has 1 aliphatic heterocycles. The summed E-state index contributed by atoms with van der Waals surface area (Å²) in [5, 5.41) is 12.7. The molecule has 4 N–H and O–H groups in total. The largest absolute Gasteiger partial charge is 0.486 e. The Hall–Kier alpha value is -1.62. The van der Waals surface area contributed by atoms with Gasteiger partial charge in [0, 0.05) is 18.7 Å². The lowest BCUT2D eigenvalue weighted by Gasteiger charge is -2.20. The summed E-state index contributed by atoms with van der Waals surface area (Å²) >= 11 is 0. The molecule has 0 aliphatic carbocycles. The van der Waals surface area contributed by atoms with Gasteiger partial charge in [0.25, 0.3) is 0 Å². The molecule has 0 bridgehead atoms. The number of nitrogens with one attached hydrogen (secondary N) is 1. The molecule has 100 valence electrons. The first-order valence-electron chi connectivity index (χ1n) is 6.31. The molecule has 1 aromatic carbocycles. The highest BCUT2D eigenvalue weighted by Gasteiger charge is 2.14. The smallest absolute Gasteiger partial charge is 0.163 e. The second-order valence-electron chi connectivity index (χ2n) is 4.36. The molecule has 0 fully saturated rings. The fourth-order valence-corrected chi connectivity index (χ4v) is 1.84. The summed E-state index contributed by atoms with van der Waals surface area (Å²) in [6, 6.07) is 3.62. The van der Waals surface area contributed by atoms with Gasteiger partial charge in [0.2, 0.25) is 0 Å². The minimum atomic E-state index is -0.268. The lowest BCUT2D eigenvalue weighted by molar-refractivity contribution is 0.164. The van der Waals surface area contributed by atoms with Crippen molar-refractivity contribution < 1.29 is 14.6 Å². The first-order valence-corrected chi connectivity index (χ1v) is 6.31. The topological polar surface area (TPSA) is 76.7 Å². The van der Waals surface area contributed by atoms with E-state index in [4.69, 9.17) is 15.2 Å². The van der Waals surface area contributed by atoms with Crippen molar-refractivity contribution in [1.29, 1.82) is 0 Å². The summed E-state index contributed by atoms with van der Waals surface area (Å²) in [4.78, 5) is 0. The van der Waals surface area contributed by atoms with Crippen molar-refractivity contribution in [3.05, 3.63) is 12.1 Å². The maximum atomic E-state index is 9.48. The molecule has 5 nitrogen and oxygen atoms in total. The molecule has 18 heavy (non-hydrogen) atoms. The lowest BCUT2D eigenvalue weighted by Crippen LogP contribution is -2.17. The molecule has 0 aromatic heterocycles. The predicted octanol–water partition coefficient (Wildman–Crippen LogP) is 1.61. The number of benzene rings is 1. The number of nitrogen functional groups attached to an aromatic ring is 1. The van der Waals surface area contributed by atoms with Gasteiger partial charge in [0.05, 0.1) is 17.5 Å². The fourth-order valence-electron chi connectivity index (χ4n) is 1.84. The molecule has 5 heteroatoms. The highest BCUT2D eigenvalue weighted by Crippen LogP contribution is 2.36. The number of ether oxygens (including phenoxy) is 2. The van der Waals surface area contributed by atoms with Crippen LogP contribution < -0.4 is 20.5 Å². The van der Waals surface area contributed by atoms with Crippen molar-refractivity contribution in [1.82, 2.24) is 0 Å². The number of hydrogen-bond donors (Lipinski definition) is 3. The van der Waals surface area contributed by atoms with Crippen LogP contribution in [0.3, 0.4) is 0 Å². The van der Waals surface area contributed by atoms with Gasteiger partial charge in [-0.2, -0.15) is 0 Å². The Bertz CT molecular complexity index is 409. The molecular formula is C13H20N2O3. The van der Waals surface area contributed by atoms with Crippen molar-refractivity contribution in [2.75, 3.05) is 30.8 Å². The first-order chi connectivity index (χ1) is 8.70. The summed E-state index contributed by atoms with van der Waals surface area (Å²) in [5.74, 6) is 1.41. The molecule has 0 spiro atoms. The molecule has 2 rings (SSSR count). The van der Waals surface area contributed by atoms with Crippen molar-refractivity contribution in [2.24, 2.45) is 0 Å². The molecule has 0 amide bonds. The summed E-state index contributed by atoms with van der Waals surface area (Å²) in [6.07, 6.45) is 1.19. The zero-order chi connectivity index (χ0) is 13.0. The second kappa shape index (κ2) is 5.82. The monoisotopic (exact) mass is 252 g/mol. The quantitative estimate of drug-likeness (QED) is 0.694. The van der Waals surface area contributed by atoms with Crippen LogP contribution in [0.4, 0.5) is 11.4 Å². The number of hydrogen-bond acceptors (Lipinski definition) is 5. The van der Waals surface area contributed by atoms with Crippen LogP contribution in [-0.2, 0) is 0 Å². The highest BCUT2D eigenvalue weighted by molar-refractivity contribution is 5.72. The molecule has 1 aliphatic rings. The van der Waals surface area contributed by atoms with Gasteiger partial charge in [0.15, 0.2) is 11.5 Å². The molecule has 0 saturated carbocycles. The van der Waals surface area contributed by atoms with Crippen molar-refractivity contribution >= 4 is 11.4 Å². The summed E-state index contributed by atoms with van der Waals surface area (Å²) < 4.78 is 10.9. The lowest BCUT2D eigenvalue weighted by atomic mass is 10.2. The van der Waals surface area contributed by atoms with E-state index in [9.17, 15) is 5.11 Å². The van der Waals surface area contributed by atoms with E-state index in [0.29, 0.717) is 43.4 Å². The summed E-state index contributed by atoms with van der Waals surface area (Å²) in [5.41, 5.74) is 7.39. The minimum Gasteiger partial charge on any atom is -0.486 e. The van der Waals surface area contributed by atoms with Gasteiger partial charge in [-0.1, -0.05) is 6.92 Å². The van der Waals surface area contributed by atoms with Crippen molar-refractivity contribution in [2.45, 2.75) is 25.9 Å². The average Bonchev–Trinajstić information content (AvgIpc) is 2.39. The number of nitrogens with two attached hydrogens (primary N) is 1. The van der Waals surface area contributed by atoms with Gasteiger partial charge in [0.1, 0.15) is 13.2 Å². The number of aliphatic hydroxyl groups excluding tert-OH is 1. The first kappa shape index (κ1) is 12.8. The predicted molar refractivity (Wildman–Crippen MR) is 71.2 cm³/mol. The van der Waals surface area contributed by atoms with Crippen molar-refractivity contribution in [3.63, 3.8) is 0 Å². The Labute approximate surface area is 107 Å². The number of anilines is 2. The number of aliphatic hydroxyl groups is 1. The molecule has 1 heterocycles. The van der Waals surface area contributed by atoms with Crippen LogP contribution in [0.15, 0.2) is 12.1 Å². The number of fused-ring (bicyclic) bond motifs is 1. The second-order valence-corrected chi connectivity index (χ2v) is 4.36. The van der Waals surface area contributed by atoms with E-state index >= 15 is 0 Å². The van der Waals surface area contributed by atoms with Crippen LogP contribution in [-0.4, -0.2) is 31.0 Å². The number of rotatable bonds is 5. The van der Waals surface area contributed by atoms with Crippen molar-refractivity contribution in [3.8, 4) is 11.5 Å². The Kier molecular flexibility index (Phi) is 4.15. The Morgan fingerprint density at radius 2 is 2.00 bits per heavy atom. The summed E-state index contributed by atoms with van der Waals surface area (Å²) in [6.45, 7) is 3.76. The van der Waals surface area contributed by atoms with E-state index in [1.807, 2.05) is 13.0 Å². The third kappa shape index (κ3) is 2.98. The van der Waals surface area contributed by atoms with E-state index in [2.05, 4.69) is 5.32 Å². The maximum absolute atomic E-state index is 9.48. The Morgan fingerprint density at radius 3 is 2.67 bits per heavy atom. The standard InChI is InChI=1S/C13H20N2O3/c1-2-9(16)3-4-15-11-8-13-12(7-10(11)14)17-5-6-18-13/h7-9,15-16H,2-6,14H2,1H3. The van der Waals surface area contributed by atoms with Gasteiger partial charge in [-0.05, 0) is 12.8 Å². The molecule has 1 atom stereocenters. The Morgan fingerprint density at radius 1 is 1.33 bits per heavy atom.